The molecule has 0 saturated carbocycles. The molecule has 0 spiro atoms. The van der Waals surface area contributed by atoms with E-state index in [0.717, 1.165) is 11.3 Å². The molecule has 0 unspecified atom stereocenters. The fourth-order valence-electron chi connectivity index (χ4n) is 0.656. The van der Waals surface area contributed by atoms with Crippen LogP contribution < -0.4 is 0 Å². The minimum Gasteiger partial charge on any atom is -0.477 e. The van der Waals surface area contributed by atoms with Crippen LogP contribution in [0, 0.1) is 11.8 Å². The predicted octanol–water partition coefficient (Wildman–Crippen LogP) is 0.790. The Morgan fingerprint density at radius 1 is 1.67 bits per heavy atom. The zero-order chi connectivity index (χ0) is 8.97. The van der Waals surface area contributed by atoms with E-state index in [2.05, 4.69) is 11.8 Å². The van der Waals surface area contributed by atoms with Crippen molar-refractivity contribution >= 4 is 17.3 Å². The summed E-state index contributed by atoms with van der Waals surface area (Å²) in [6.07, 6.45) is 0. The van der Waals surface area contributed by atoms with Gasteiger partial charge in [-0.2, -0.15) is 0 Å². The topological polar surface area (TPSA) is 57.5 Å². The van der Waals surface area contributed by atoms with Gasteiger partial charge in [-0.05, 0) is 6.07 Å². The van der Waals surface area contributed by atoms with E-state index in [1.54, 1.807) is 5.38 Å². The summed E-state index contributed by atoms with van der Waals surface area (Å²) >= 11 is 1.12. The van der Waals surface area contributed by atoms with Gasteiger partial charge in [0.1, 0.15) is 11.5 Å². The largest absolute Gasteiger partial charge is 0.477 e. The molecule has 0 aliphatic rings. The summed E-state index contributed by atoms with van der Waals surface area (Å²) in [5.74, 6) is 4.11. The molecule has 0 aliphatic heterocycles. The second-order valence-electron chi connectivity index (χ2n) is 1.96. The summed E-state index contributed by atoms with van der Waals surface area (Å²) < 4.78 is 0. The molecule has 0 radical (unpaired) electrons. The molecule has 0 amide bonds. The first kappa shape index (κ1) is 8.78. The van der Waals surface area contributed by atoms with Gasteiger partial charge in [0.25, 0.3) is 0 Å². The minimum atomic E-state index is -0.947. The second-order valence-corrected chi connectivity index (χ2v) is 2.88. The molecule has 1 aromatic heterocycles. The molecule has 62 valence electrons. The first-order valence-corrected chi connectivity index (χ1v) is 4.03. The van der Waals surface area contributed by atoms with Crippen molar-refractivity contribution in [3.05, 3.63) is 21.9 Å². The number of aromatic carboxylic acids is 1. The molecule has 0 aliphatic carbocycles. The van der Waals surface area contributed by atoms with E-state index in [-0.39, 0.29) is 11.5 Å². The van der Waals surface area contributed by atoms with Crippen LogP contribution in [0.25, 0.3) is 0 Å². The fourth-order valence-corrected chi connectivity index (χ4v) is 1.33. The van der Waals surface area contributed by atoms with Gasteiger partial charge in [-0.15, -0.1) is 11.3 Å². The first-order valence-electron chi connectivity index (χ1n) is 3.15. The molecule has 0 bridgehead atoms. The molecule has 0 atom stereocenters. The SMILES string of the molecule is O=C(O)c1cc(C#CCO)cs1. The highest BCUT2D eigenvalue weighted by Gasteiger charge is 2.04. The zero-order valence-corrected chi connectivity index (χ0v) is 6.89. The lowest BCUT2D eigenvalue weighted by Gasteiger charge is -1.80. The number of carboxylic acid groups (broad SMARTS) is 1. The quantitative estimate of drug-likeness (QED) is 0.631. The van der Waals surface area contributed by atoms with Gasteiger partial charge in [0, 0.05) is 10.9 Å². The number of hydrogen-bond donors (Lipinski definition) is 2. The lowest BCUT2D eigenvalue weighted by molar-refractivity contribution is 0.0702. The molecule has 1 heterocycles. The van der Waals surface area contributed by atoms with E-state index in [0.29, 0.717) is 5.56 Å². The number of thiophene rings is 1. The van der Waals surface area contributed by atoms with Crippen LogP contribution in [0.2, 0.25) is 0 Å². The van der Waals surface area contributed by atoms with E-state index in [4.69, 9.17) is 10.2 Å². The Labute approximate surface area is 73.3 Å². The van der Waals surface area contributed by atoms with Gasteiger partial charge in [0.05, 0.1) is 0 Å². The van der Waals surface area contributed by atoms with Crippen LogP contribution in [-0.4, -0.2) is 22.8 Å². The van der Waals surface area contributed by atoms with Crippen LogP contribution in [0.15, 0.2) is 11.4 Å². The molecule has 1 rings (SSSR count). The molecule has 1 aromatic rings. The summed E-state index contributed by atoms with van der Waals surface area (Å²) in [5.41, 5.74) is 0.631. The number of carbonyl (C=O) groups is 1. The standard InChI is InChI=1S/C8H6O3S/c9-3-1-2-6-4-7(8(10)11)12-5-6/h4-5,9H,3H2,(H,10,11). The van der Waals surface area contributed by atoms with Crippen molar-refractivity contribution < 1.29 is 15.0 Å². The molecule has 4 heteroatoms. The third-order valence-corrected chi connectivity index (χ3v) is 2.04. The number of hydrogen-bond acceptors (Lipinski definition) is 3. The summed E-state index contributed by atoms with van der Waals surface area (Å²) in [7, 11) is 0. The van der Waals surface area contributed by atoms with Crippen molar-refractivity contribution in [3.8, 4) is 11.8 Å². The fraction of sp³-hybridized carbons (Fsp3) is 0.125. The number of carboxylic acids is 1. The van der Waals surface area contributed by atoms with Crippen molar-refractivity contribution in [1.29, 1.82) is 0 Å². The van der Waals surface area contributed by atoms with E-state index in [9.17, 15) is 4.79 Å². The average Bonchev–Trinajstić information content (AvgIpc) is 2.48. The lowest BCUT2D eigenvalue weighted by atomic mass is 10.3. The average molecular weight is 182 g/mol. The number of aliphatic hydroxyl groups is 1. The highest BCUT2D eigenvalue weighted by molar-refractivity contribution is 7.12. The van der Waals surface area contributed by atoms with E-state index in [1.807, 2.05) is 0 Å². The van der Waals surface area contributed by atoms with Crippen LogP contribution in [0.4, 0.5) is 0 Å². The number of rotatable bonds is 1. The third-order valence-electron chi connectivity index (χ3n) is 1.12. The third kappa shape index (κ3) is 2.09. The van der Waals surface area contributed by atoms with Gasteiger partial charge in [-0.1, -0.05) is 11.8 Å². The van der Waals surface area contributed by atoms with Crippen molar-refractivity contribution in [3.63, 3.8) is 0 Å². The molecule has 2 N–H and O–H groups in total. The molecule has 0 saturated heterocycles. The molecule has 0 aromatic carbocycles. The summed E-state index contributed by atoms with van der Waals surface area (Å²) in [5, 5.41) is 18.5. The molecule has 0 fully saturated rings. The van der Waals surface area contributed by atoms with Crippen LogP contribution in [-0.2, 0) is 0 Å². The Balaban J connectivity index is 2.84. The summed E-state index contributed by atoms with van der Waals surface area (Å²) in [6.45, 7) is -0.210. The Morgan fingerprint density at radius 3 is 2.92 bits per heavy atom. The smallest absolute Gasteiger partial charge is 0.345 e. The predicted molar refractivity (Wildman–Crippen MR) is 45.2 cm³/mol. The normalized spacial score (nSPS) is 8.75. The van der Waals surface area contributed by atoms with Gasteiger partial charge >= 0.3 is 5.97 Å². The van der Waals surface area contributed by atoms with Crippen LogP contribution >= 0.6 is 11.3 Å². The van der Waals surface area contributed by atoms with Gasteiger partial charge in [0.2, 0.25) is 0 Å². The van der Waals surface area contributed by atoms with Gasteiger partial charge in [-0.25, -0.2) is 4.79 Å². The van der Waals surface area contributed by atoms with Gasteiger partial charge < -0.3 is 10.2 Å². The van der Waals surface area contributed by atoms with Gasteiger partial charge in [0.15, 0.2) is 0 Å². The van der Waals surface area contributed by atoms with Crippen LogP contribution in [0.1, 0.15) is 15.2 Å². The van der Waals surface area contributed by atoms with Crippen molar-refractivity contribution in [2.75, 3.05) is 6.61 Å². The summed E-state index contributed by atoms with van der Waals surface area (Å²) in [4.78, 5) is 10.7. The van der Waals surface area contributed by atoms with Crippen molar-refractivity contribution in [1.82, 2.24) is 0 Å². The Kier molecular flexibility index (Phi) is 2.86. The highest BCUT2D eigenvalue weighted by Crippen LogP contribution is 2.13. The maximum absolute atomic E-state index is 10.4. The van der Waals surface area contributed by atoms with E-state index < -0.39 is 5.97 Å². The highest BCUT2D eigenvalue weighted by atomic mass is 32.1. The molecule has 12 heavy (non-hydrogen) atoms. The first-order chi connectivity index (χ1) is 5.74. The number of aliphatic hydroxyl groups excluding tert-OH is 1. The van der Waals surface area contributed by atoms with Crippen molar-refractivity contribution in [2.45, 2.75) is 0 Å². The maximum Gasteiger partial charge on any atom is 0.345 e. The van der Waals surface area contributed by atoms with E-state index in [1.165, 1.54) is 6.07 Å². The van der Waals surface area contributed by atoms with Crippen LogP contribution in [0.5, 0.6) is 0 Å². The molecular formula is C8H6O3S. The lowest BCUT2D eigenvalue weighted by Crippen LogP contribution is -1.89. The molecular weight excluding hydrogens is 176 g/mol. The molecule has 3 nitrogen and oxygen atoms in total. The minimum absolute atomic E-state index is 0.210. The monoisotopic (exact) mass is 182 g/mol. The Bertz CT molecular complexity index is 343. The zero-order valence-electron chi connectivity index (χ0n) is 6.07. The Morgan fingerprint density at radius 2 is 2.42 bits per heavy atom. The second kappa shape index (κ2) is 3.90. The maximum atomic E-state index is 10.4. The summed E-state index contributed by atoms with van der Waals surface area (Å²) in [6, 6.07) is 1.48. The Hall–Kier alpha value is -1.31. The van der Waals surface area contributed by atoms with Crippen LogP contribution in [0.3, 0.4) is 0 Å². The van der Waals surface area contributed by atoms with E-state index >= 15 is 0 Å². The van der Waals surface area contributed by atoms with Crippen molar-refractivity contribution in [2.24, 2.45) is 0 Å². The van der Waals surface area contributed by atoms with Gasteiger partial charge in [-0.3, -0.25) is 0 Å².